The van der Waals surface area contributed by atoms with E-state index in [4.69, 9.17) is 0 Å². The summed E-state index contributed by atoms with van der Waals surface area (Å²) in [5, 5.41) is 11.1. The number of carbonyl (C=O) groups is 3. The number of non-ortho nitro benzene ring substituents is 1. The lowest BCUT2D eigenvalue weighted by Crippen LogP contribution is -2.44. The molecule has 2 aromatic rings. The lowest BCUT2D eigenvalue weighted by molar-refractivity contribution is -0.384. The molecule has 4 aliphatic rings. The van der Waals surface area contributed by atoms with Gasteiger partial charge in [0.05, 0.1) is 28.4 Å². The largest absolute Gasteiger partial charge is 0.299 e. The van der Waals surface area contributed by atoms with Crippen LogP contribution in [-0.2, 0) is 14.4 Å². The normalized spacial score (nSPS) is 28.3. The van der Waals surface area contributed by atoms with Gasteiger partial charge in [0.1, 0.15) is 5.78 Å². The van der Waals surface area contributed by atoms with Gasteiger partial charge in [0.2, 0.25) is 11.8 Å². The highest BCUT2D eigenvalue weighted by Crippen LogP contribution is 2.57. The maximum atomic E-state index is 13.2. The fourth-order valence-electron chi connectivity index (χ4n) is 4.96. The number of benzene rings is 2. The molecule has 7 nitrogen and oxygen atoms in total. The van der Waals surface area contributed by atoms with Crippen LogP contribution in [0, 0.1) is 22.0 Å². The van der Waals surface area contributed by atoms with Crippen LogP contribution in [0.1, 0.15) is 29.4 Å². The van der Waals surface area contributed by atoms with Crippen LogP contribution < -0.4 is 4.90 Å². The number of nitrogens with zero attached hydrogens (tertiary/aromatic N) is 2. The quantitative estimate of drug-likeness (QED) is 0.465. The second-order valence-corrected chi connectivity index (χ2v) is 7.22. The molecule has 2 aromatic carbocycles. The van der Waals surface area contributed by atoms with Crippen molar-refractivity contribution < 1.29 is 19.3 Å². The zero-order valence-electron chi connectivity index (χ0n) is 14.1. The number of nitro groups is 1. The Hall–Kier alpha value is -3.35. The van der Waals surface area contributed by atoms with E-state index >= 15 is 0 Å². The predicted molar refractivity (Wildman–Crippen MR) is 94.1 cm³/mol. The summed E-state index contributed by atoms with van der Waals surface area (Å²) in [6.45, 7) is 0. The Labute approximate surface area is 153 Å². The second kappa shape index (κ2) is 5.33. The monoisotopic (exact) mass is 362 g/mol. The summed E-state index contributed by atoms with van der Waals surface area (Å²) < 4.78 is 0. The fourth-order valence-corrected chi connectivity index (χ4v) is 4.96. The number of hydrogen-bond acceptors (Lipinski definition) is 5. The average molecular weight is 362 g/mol. The van der Waals surface area contributed by atoms with Gasteiger partial charge in [-0.1, -0.05) is 30.3 Å². The van der Waals surface area contributed by atoms with Gasteiger partial charge in [-0.05, 0) is 17.2 Å². The zero-order valence-corrected chi connectivity index (χ0v) is 14.1. The van der Waals surface area contributed by atoms with Crippen molar-refractivity contribution in [1.29, 1.82) is 0 Å². The van der Waals surface area contributed by atoms with Crippen LogP contribution >= 0.6 is 0 Å². The average Bonchev–Trinajstić information content (AvgIpc) is 2.94. The van der Waals surface area contributed by atoms with Crippen molar-refractivity contribution in [2.45, 2.75) is 18.3 Å². The molecular weight excluding hydrogens is 348 g/mol. The molecule has 0 radical (unpaired) electrons. The number of amides is 2. The Balaban J connectivity index is 1.63. The Morgan fingerprint density at radius 3 is 2.37 bits per heavy atom. The molecule has 134 valence electrons. The van der Waals surface area contributed by atoms with Gasteiger partial charge in [-0.15, -0.1) is 0 Å². The highest BCUT2D eigenvalue weighted by molar-refractivity contribution is 6.24. The SMILES string of the molecule is O=C1C[C@@H]2c3ccccc3[C@H]1[C@H]1C(=O)N(c3cccc([N+](=O)[O-])c3)C(=O)[C@@H]12. The number of hydrogen-bond donors (Lipinski definition) is 0. The van der Waals surface area contributed by atoms with Gasteiger partial charge in [0.25, 0.3) is 5.69 Å². The number of Topliss-reactive ketones (excluding diaryl/α,β-unsaturated/α-hetero) is 1. The highest BCUT2D eigenvalue weighted by Gasteiger charge is 2.62. The third-order valence-corrected chi connectivity index (χ3v) is 5.99. The van der Waals surface area contributed by atoms with Crippen LogP contribution in [0.3, 0.4) is 0 Å². The first kappa shape index (κ1) is 15.9. The molecule has 0 unspecified atom stereocenters. The molecule has 1 saturated heterocycles. The van der Waals surface area contributed by atoms with Crippen LogP contribution in [0.25, 0.3) is 0 Å². The van der Waals surface area contributed by atoms with Gasteiger partial charge in [-0.25, -0.2) is 4.90 Å². The summed E-state index contributed by atoms with van der Waals surface area (Å²) >= 11 is 0. The summed E-state index contributed by atoms with van der Waals surface area (Å²) in [5.41, 5.74) is 1.79. The van der Waals surface area contributed by atoms with Crippen molar-refractivity contribution in [1.82, 2.24) is 0 Å². The van der Waals surface area contributed by atoms with E-state index in [0.717, 1.165) is 16.0 Å². The van der Waals surface area contributed by atoms with Crippen molar-refractivity contribution in [2.75, 3.05) is 4.90 Å². The number of imide groups is 1. The second-order valence-electron chi connectivity index (χ2n) is 7.22. The van der Waals surface area contributed by atoms with E-state index in [0.29, 0.717) is 0 Å². The van der Waals surface area contributed by atoms with E-state index in [1.807, 2.05) is 24.3 Å². The van der Waals surface area contributed by atoms with E-state index in [9.17, 15) is 24.5 Å². The number of nitro benzene ring substituents is 1. The molecule has 7 heteroatoms. The molecule has 27 heavy (non-hydrogen) atoms. The van der Waals surface area contributed by atoms with Crippen molar-refractivity contribution >= 4 is 29.0 Å². The predicted octanol–water partition coefficient (Wildman–Crippen LogP) is 2.55. The number of anilines is 1. The molecule has 1 aliphatic heterocycles. The van der Waals surface area contributed by atoms with Gasteiger partial charge in [-0.2, -0.15) is 0 Å². The van der Waals surface area contributed by atoms with Crippen molar-refractivity contribution in [3.63, 3.8) is 0 Å². The Bertz CT molecular complexity index is 1050. The summed E-state index contributed by atoms with van der Waals surface area (Å²) in [4.78, 5) is 50.5. The first-order valence-corrected chi connectivity index (χ1v) is 8.73. The first-order chi connectivity index (χ1) is 13.0. The summed E-state index contributed by atoms with van der Waals surface area (Å²) in [5.74, 6) is -3.07. The van der Waals surface area contributed by atoms with Crippen LogP contribution in [-0.4, -0.2) is 22.5 Å². The molecule has 2 bridgehead atoms. The maximum absolute atomic E-state index is 13.2. The van der Waals surface area contributed by atoms with E-state index in [-0.39, 0.29) is 35.4 Å². The Morgan fingerprint density at radius 2 is 1.63 bits per heavy atom. The molecule has 2 fully saturated rings. The molecule has 0 N–H and O–H groups in total. The zero-order chi connectivity index (χ0) is 18.9. The van der Waals surface area contributed by atoms with Gasteiger partial charge in [0.15, 0.2) is 0 Å². The lowest BCUT2D eigenvalue weighted by atomic mass is 9.56. The minimum absolute atomic E-state index is 0.0120. The summed E-state index contributed by atoms with van der Waals surface area (Å²) in [6.07, 6.45) is 0.255. The Morgan fingerprint density at radius 1 is 0.926 bits per heavy atom. The molecule has 6 rings (SSSR count). The summed E-state index contributed by atoms with van der Waals surface area (Å²) in [7, 11) is 0. The van der Waals surface area contributed by atoms with Crippen LogP contribution in [0.2, 0.25) is 0 Å². The van der Waals surface area contributed by atoms with Gasteiger partial charge in [0, 0.05) is 24.5 Å². The highest BCUT2D eigenvalue weighted by atomic mass is 16.6. The molecule has 0 aromatic heterocycles. The summed E-state index contributed by atoms with van der Waals surface area (Å²) in [6, 6.07) is 13.0. The standard InChI is InChI=1S/C20H14N2O5/c23-15-9-14-12-6-1-2-7-13(12)16(15)18-17(14)19(24)21(20(18)25)10-4-3-5-11(8-10)22(26)27/h1-8,14,16-18H,9H2/t14-,16-,17-,18-/m1/s1. The Kier molecular flexibility index (Phi) is 3.13. The number of fused-ring (bicyclic) bond motifs is 1. The molecule has 0 spiro atoms. The van der Waals surface area contributed by atoms with Crippen molar-refractivity contribution in [3.05, 3.63) is 69.8 Å². The van der Waals surface area contributed by atoms with E-state index in [1.165, 1.54) is 24.3 Å². The van der Waals surface area contributed by atoms with E-state index in [2.05, 4.69) is 0 Å². The molecule has 3 aliphatic carbocycles. The lowest BCUT2D eigenvalue weighted by Gasteiger charge is -2.43. The van der Waals surface area contributed by atoms with Crippen LogP contribution in [0.15, 0.2) is 48.5 Å². The smallest absolute Gasteiger partial charge is 0.271 e. The third kappa shape index (κ3) is 1.99. The molecule has 1 saturated carbocycles. The molecule has 1 heterocycles. The fraction of sp³-hybridized carbons (Fsp3) is 0.250. The van der Waals surface area contributed by atoms with Crippen LogP contribution in [0.4, 0.5) is 11.4 Å². The number of ketones is 1. The topological polar surface area (TPSA) is 97.6 Å². The molecule has 2 amide bonds. The van der Waals surface area contributed by atoms with E-state index in [1.54, 1.807) is 0 Å². The minimum atomic E-state index is -0.724. The first-order valence-electron chi connectivity index (χ1n) is 8.73. The van der Waals surface area contributed by atoms with Crippen molar-refractivity contribution in [3.8, 4) is 0 Å². The maximum Gasteiger partial charge on any atom is 0.271 e. The van der Waals surface area contributed by atoms with Gasteiger partial charge in [-0.3, -0.25) is 24.5 Å². The van der Waals surface area contributed by atoms with Crippen molar-refractivity contribution in [2.24, 2.45) is 11.8 Å². The third-order valence-electron chi connectivity index (χ3n) is 5.99. The van der Waals surface area contributed by atoms with E-state index < -0.39 is 28.6 Å². The van der Waals surface area contributed by atoms with Crippen LogP contribution in [0.5, 0.6) is 0 Å². The molecular formula is C20H14N2O5. The number of carbonyl (C=O) groups excluding carboxylic acids is 3. The number of rotatable bonds is 2. The van der Waals surface area contributed by atoms with Gasteiger partial charge < -0.3 is 0 Å². The minimum Gasteiger partial charge on any atom is -0.299 e. The van der Waals surface area contributed by atoms with Gasteiger partial charge >= 0.3 is 0 Å². The molecule has 4 atom stereocenters.